The fraction of sp³-hybridized carbons (Fsp3) is 0.583. The maximum Gasteiger partial charge on any atom is 0.240 e. The zero-order valence-electron chi connectivity index (χ0n) is 10.3. The number of rotatable bonds is 3. The number of nitrogens with one attached hydrogen (secondary N) is 1. The van der Waals surface area contributed by atoms with E-state index in [4.69, 9.17) is 5.73 Å². The lowest BCUT2D eigenvalue weighted by Gasteiger charge is -2.45. The first-order valence-electron chi connectivity index (χ1n) is 5.84. The summed E-state index contributed by atoms with van der Waals surface area (Å²) in [5, 5.41) is 7.07. The van der Waals surface area contributed by atoms with Crippen molar-refractivity contribution in [2.24, 2.45) is 5.73 Å². The van der Waals surface area contributed by atoms with Gasteiger partial charge < -0.3 is 11.1 Å². The van der Waals surface area contributed by atoms with Crippen LogP contribution in [-0.4, -0.2) is 36.0 Å². The molecule has 0 spiro atoms. The van der Waals surface area contributed by atoms with Crippen LogP contribution in [0.4, 0.5) is 0 Å². The van der Waals surface area contributed by atoms with E-state index in [0.717, 1.165) is 6.54 Å². The highest BCUT2D eigenvalue weighted by atomic mass is 32.1. The minimum atomic E-state index is -0.496. The van der Waals surface area contributed by atoms with Gasteiger partial charge in [0.15, 0.2) is 0 Å². The minimum Gasteiger partial charge on any atom is -0.353 e. The van der Waals surface area contributed by atoms with E-state index in [1.807, 2.05) is 13.8 Å². The van der Waals surface area contributed by atoms with Gasteiger partial charge in [-0.2, -0.15) is 11.3 Å². The molecular formula is C12H19N3OS. The van der Waals surface area contributed by atoms with Crippen molar-refractivity contribution in [1.29, 1.82) is 0 Å². The highest BCUT2D eigenvalue weighted by Gasteiger charge is 2.41. The lowest BCUT2D eigenvalue weighted by Crippen LogP contribution is -2.63. The topological polar surface area (TPSA) is 58.4 Å². The molecule has 1 aromatic heterocycles. The van der Waals surface area contributed by atoms with E-state index in [1.54, 1.807) is 11.3 Å². The van der Waals surface area contributed by atoms with Gasteiger partial charge >= 0.3 is 0 Å². The van der Waals surface area contributed by atoms with Crippen LogP contribution in [0.2, 0.25) is 0 Å². The molecule has 0 saturated carbocycles. The van der Waals surface area contributed by atoms with Crippen LogP contribution >= 0.6 is 11.3 Å². The van der Waals surface area contributed by atoms with Gasteiger partial charge in [0, 0.05) is 25.7 Å². The molecule has 1 aliphatic heterocycles. The first-order chi connectivity index (χ1) is 8.07. The molecule has 1 aromatic rings. The Kier molecular flexibility index (Phi) is 3.51. The summed E-state index contributed by atoms with van der Waals surface area (Å²) >= 11 is 1.67. The summed E-state index contributed by atoms with van der Waals surface area (Å²) in [6.07, 6.45) is 0. The molecule has 1 aliphatic rings. The number of piperazine rings is 1. The van der Waals surface area contributed by atoms with E-state index < -0.39 is 5.54 Å². The molecule has 3 N–H and O–H groups in total. The van der Waals surface area contributed by atoms with Crippen molar-refractivity contribution in [3.8, 4) is 0 Å². The van der Waals surface area contributed by atoms with E-state index in [1.165, 1.54) is 5.56 Å². The van der Waals surface area contributed by atoms with E-state index >= 15 is 0 Å². The van der Waals surface area contributed by atoms with Crippen molar-refractivity contribution < 1.29 is 4.79 Å². The van der Waals surface area contributed by atoms with Crippen molar-refractivity contribution in [3.63, 3.8) is 0 Å². The predicted molar refractivity (Wildman–Crippen MR) is 69.9 cm³/mol. The number of carbonyl (C=O) groups is 1. The van der Waals surface area contributed by atoms with E-state index in [2.05, 4.69) is 27.0 Å². The second-order valence-electron chi connectivity index (χ2n) is 4.82. The Morgan fingerprint density at radius 3 is 3.00 bits per heavy atom. The van der Waals surface area contributed by atoms with Gasteiger partial charge in [0.25, 0.3) is 0 Å². The quantitative estimate of drug-likeness (QED) is 0.843. The third-order valence-electron chi connectivity index (χ3n) is 3.44. The smallest absolute Gasteiger partial charge is 0.240 e. The molecule has 0 radical (unpaired) electrons. The molecule has 1 fully saturated rings. The Bertz CT molecular complexity index is 388. The van der Waals surface area contributed by atoms with Gasteiger partial charge in [0.1, 0.15) is 0 Å². The number of carbonyl (C=O) groups excluding carboxylic acids is 1. The summed E-state index contributed by atoms with van der Waals surface area (Å²) in [4.78, 5) is 14.1. The molecule has 0 aromatic carbocycles. The second kappa shape index (κ2) is 4.76. The number of amides is 1. The van der Waals surface area contributed by atoms with Gasteiger partial charge in [-0.15, -0.1) is 0 Å². The Labute approximate surface area is 106 Å². The van der Waals surface area contributed by atoms with Crippen molar-refractivity contribution in [2.45, 2.75) is 25.4 Å². The number of thiophene rings is 1. The molecule has 1 unspecified atom stereocenters. The van der Waals surface area contributed by atoms with Crippen LogP contribution in [0.15, 0.2) is 16.8 Å². The largest absolute Gasteiger partial charge is 0.353 e. The molecule has 2 rings (SSSR count). The number of nitrogens with zero attached hydrogens (tertiary/aromatic N) is 1. The van der Waals surface area contributed by atoms with Crippen LogP contribution in [0.25, 0.3) is 0 Å². The first-order valence-corrected chi connectivity index (χ1v) is 6.79. The van der Waals surface area contributed by atoms with Gasteiger partial charge in [0.2, 0.25) is 5.91 Å². The molecule has 0 bridgehead atoms. The fourth-order valence-corrected chi connectivity index (χ4v) is 3.08. The van der Waals surface area contributed by atoms with Crippen LogP contribution in [-0.2, 0) is 4.79 Å². The molecule has 1 saturated heterocycles. The lowest BCUT2D eigenvalue weighted by molar-refractivity contribution is -0.137. The van der Waals surface area contributed by atoms with Gasteiger partial charge in [-0.25, -0.2) is 0 Å². The van der Waals surface area contributed by atoms with Gasteiger partial charge in [-0.05, 0) is 36.2 Å². The Morgan fingerprint density at radius 1 is 1.65 bits per heavy atom. The predicted octanol–water partition coefficient (Wildman–Crippen LogP) is 0.958. The number of hydrogen-bond acceptors (Lipinski definition) is 4. The average Bonchev–Trinajstić information content (AvgIpc) is 2.79. The SMILES string of the molecule is CC1(C)C(=O)NCCN1C(CN)c1ccsc1. The monoisotopic (exact) mass is 253 g/mol. The Balaban J connectivity index is 2.27. The van der Waals surface area contributed by atoms with Crippen LogP contribution in [0, 0.1) is 0 Å². The molecule has 2 heterocycles. The zero-order chi connectivity index (χ0) is 12.5. The standard InChI is InChI=1S/C12H19N3OS/c1-12(2)11(16)14-4-5-15(12)10(7-13)9-3-6-17-8-9/h3,6,8,10H,4-5,7,13H2,1-2H3,(H,14,16). The van der Waals surface area contributed by atoms with Crippen molar-refractivity contribution in [1.82, 2.24) is 10.2 Å². The summed E-state index contributed by atoms with van der Waals surface area (Å²) in [5.74, 6) is 0.0810. The van der Waals surface area contributed by atoms with Gasteiger partial charge in [-0.3, -0.25) is 9.69 Å². The fourth-order valence-electron chi connectivity index (χ4n) is 2.37. The second-order valence-corrected chi connectivity index (χ2v) is 5.60. The number of nitrogens with two attached hydrogens (primary N) is 1. The molecular weight excluding hydrogens is 234 g/mol. The minimum absolute atomic E-state index is 0.0810. The Morgan fingerprint density at radius 2 is 2.41 bits per heavy atom. The zero-order valence-corrected chi connectivity index (χ0v) is 11.1. The maximum absolute atomic E-state index is 11.9. The summed E-state index contributed by atoms with van der Waals surface area (Å²) < 4.78 is 0. The first kappa shape index (κ1) is 12.5. The van der Waals surface area contributed by atoms with Gasteiger partial charge in [-0.1, -0.05) is 0 Å². The average molecular weight is 253 g/mol. The molecule has 1 amide bonds. The summed E-state index contributed by atoms with van der Waals surface area (Å²) in [6, 6.07) is 2.22. The van der Waals surface area contributed by atoms with Crippen molar-refractivity contribution in [2.75, 3.05) is 19.6 Å². The van der Waals surface area contributed by atoms with Crippen LogP contribution in [0.3, 0.4) is 0 Å². The molecule has 1 atom stereocenters. The van der Waals surface area contributed by atoms with E-state index in [-0.39, 0.29) is 11.9 Å². The normalized spacial score (nSPS) is 22.2. The lowest BCUT2D eigenvalue weighted by atomic mass is 9.94. The van der Waals surface area contributed by atoms with Crippen molar-refractivity contribution in [3.05, 3.63) is 22.4 Å². The van der Waals surface area contributed by atoms with Crippen LogP contribution in [0.5, 0.6) is 0 Å². The summed E-state index contributed by atoms with van der Waals surface area (Å²) in [6.45, 7) is 5.99. The third-order valence-corrected chi connectivity index (χ3v) is 4.14. The molecule has 94 valence electrons. The molecule has 5 heteroatoms. The molecule has 17 heavy (non-hydrogen) atoms. The highest BCUT2D eigenvalue weighted by molar-refractivity contribution is 7.07. The maximum atomic E-state index is 11.9. The van der Waals surface area contributed by atoms with Crippen LogP contribution < -0.4 is 11.1 Å². The van der Waals surface area contributed by atoms with Crippen LogP contribution in [0.1, 0.15) is 25.5 Å². The molecule has 4 nitrogen and oxygen atoms in total. The number of hydrogen-bond donors (Lipinski definition) is 2. The summed E-state index contributed by atoms with van der Waals surface area (Å²) in [5.41, 5.74) is 6.61. The molecule has 0 aliphatic carbocycles. The van der Waals surface area contributed by atoms with E-state index in [9.17, 15) is 4.79 Å². The van der Waals surface area contributed by atoms with E-state index in [0.29, 0.717) is 13.1 Å². The highest BCUT2D eigenvalue weighted by Crippen LogP contribution is 2.30. The van der Waals surface area contributed by atoms with Gasteiger partial charge in [0.05, 0.1) is 5.54 Å². The van der Waals surface area contributed by atoms with Crippen molar-refractivity contribution >= 4 is 17.2 Å². The summed E-state index contributed by atoms with van der Waals surface area (Å²) in [7, 11) is 0. The Hall–Kier alpha value is -0.910. The third kappa shape index (κ3) is 2.22.